The van der Waals surface area contributed by atoms with Crippen LogP contribution in [0.5, 0.6) is 0 Å². The molecule has 1 saturated heterocycles. The van der Waals surface area contributed by atoms with Crippen LogP contribution < -0.4 is 5.32 Å². The minimum Gasteiger partial charge on any atom is -0.322 e. The van der Waals surface area contributed by atoms with E-state index < -0.39 is 0 Å². The van der Waals surface area contributed by atoms with Crippen LogP contribution in [0.1, 0.15) is 40.7 Å². The molecule has 1 aliphatic rings. The Labute approximate surface area is 148 Å². The summed E-state index contributed by atoms with van der Waals surface area (Å²) in [6.07, 6.45) is 3.93. The maximum absolute atomic E-state index is 12.4. The van der Waals surface area contributed by atoms with Crippen LogP contribution >= 0.6 is 11.6 Å². The molecule has 0 aliphatic carbocycles. The van der Waals surface area contributed by atoms with E-state index in [1.807, 2.05) is 49.4 Å². The lowest BCUT2D eigenvalue weighted by Gasteiger charge is -2.26. The Kier molecular flexibility index (Phi) is 5.54. The molecule has 0 bridgehead atoms. The van der Waals surface area contributed by atoms with Crippen LogP contribution in [0.25, 0.3) is 0 Å². The van der Waals surface area contributed by atoms with Gasteiger partial charge in [0.05, 0.1) is 0 Å². The molecule has 0 saturated carbocycles. The molecule has 2 aromatic carbocycles. The summed E-state index contributed by atoms with van der Waals surface area (Å²) in [7, 11) is 0. The van der Waals surface area contributed by atoms with E-state index in [1.54, 1.807) is 0 Å². The standard InChI is InChI=1S/C20H23ClN2O/c1-15-18(21)6-5-7-19(15)22-20(24)17-10-8-16(9-11-17)14-23-12-3-2-4-13-23/h5-11H,2-4,12-14H2,1H3,(H,22,24). The zero-order valence-corrected chi connectivity index (χ0v) is 14.8. The van der Waals surface area contributed by atoms with E-state index in [1.165, 1.54) is 37.9 Å². The number of likely N-dealkylation sites (tertiary alicyclic amines) is 1. The zero-order valence-electron chi connectivity index (χ0n) is 14.0. The smallest absolute Gasteiger partial charge is 0.255 e. The minimum absolute atomic E-state index is 0.107. The van der Waals surface area contributed by atoms with Crippen molar-refractivity contribution < 1.29 is 4.79 Å². The third-order valence-electron chi connectivity index (χ3n) is 4.59. The average Bonchev–Trinajstić information content (AvgIpc) is 2.60. The first kappa shape index (κ1) is 17.0. The van der Waals surface area contributed by atoms with Gasteiger partial charge in [0.1, 0.15) is 0 Å². The lowest BCUT2D eigenvalue weighted by molar-refractivity contribution is 0.102. The van der Waals surface area contributed by atoms with Crippen LogP contribution in [-0.2, 0) is 6.54 Å². The Morgan fingerprint density at radius 1 is 1.08 bits per heavy atom. The molecule has 3 nitrogen and oxygen atoms in total. The van der Waals surface area contributed by atoms with Gasteiger partial charge in [-0.1, -0.05) is 36.2 Å². The van der Waals surface area contributed by atoms with Crippen molar-refractivity contribution in [3.8, 4) is 0 Å². The first-order chi connectivity index (χ1) is 11.6. The molecular weight excluding hydrogens is 320 g/mol. The summed E-state index contributed by atoms with van der Waals surface area (Å²) in [5, 5.41) is 3.59. The van der Waals surface area contributed by atoms with Gasteiger partial charge >= 0.3 is 0 Å². The predicted molar refractivity (Wildman–Crippen MR) is 99.7 cm³/mol. The van der Waals surface area contributed by atoms with Crippen LogP contribution in [0.4, 0.5) is 5.69 Å². The van der Waals surface area contributed by atoms with Crippen molar-refractivity contribution >= 4 is 23.2 Å². The molecule has 24 heavy (non-hydrogen) atoms. The van der Waals surface area contributed by atoms with Gasteiger partial charge in [0.2, 0.25) is 0 Å². The van der Waals surface area contributed by atoms with Gasteiger partial charge in [-0.25, -0.2) is 0 Å². The number of halogens is 1. The highest BCUT2D eigenvalue weighted by molar-refractivity contribution is 6.31. The third kappa shape index (κ3) is 4.16. The number of hydrogen-bond acceptors (Lipinski definition) is 2. The normalized spacial score (nSPS) is 15.2. The zero-order chi connectivity index (χ0) is 16.9. The number of nitrogens with zero attached hydrogens (tertiary/aromatic N) is 1. The molecule has 1 amide bonds. The van der Waals surface area contributed by atoms with E-state index in [2.05, 4.69) is 10.2 Å². The number of carbonyl (C=O) groups excluding carboxylic acids is 1. The van der Waals surface area contributed by atoms with Gasteiger partial charge < -0.3 is 5.32 Å². The lowest BCUT2D eigenvalue weighted by Crippen LogP contribution is -2.29. The molecule has 126 valence electrons. The monoisotopic (exact) mass is 342 g/mol. The van der Waals surface area contributed by atoms with Gasteiger partial charge in [0, 0.05) is 22.8 Å². The number of anilines is 1. The quantitative estimate of drug-likeness (QED) is 0.858. The molecule has 2 aromatic rings. The molecule has 4 heteroatoms. The van der Waals surface area contributed by atoms with Crippen molar-refractivity contribution in [1.29, 1.82) is 0 Å². The largest absolute Gasteiger partial charge is 0.322 e. The minimum atomic E-state index is -0.107. The Balaban J connectivity index is 1.64. The summed E-state index contributed by atoms with van der Waals surface area (Å²) in [5.41, 5.74) is 3.56. The molecular formula is C20H23ClN2O. The summed E-state index contributed by atoms with van der Waals surface area (Å²) in [6, 6.07) is 13.4. The van der Waals surface area contributed by atoms with Crippen molar-refractivity contribution in [2.45, 2.75) is 32.7 Å². The summed E-state index contributed by atoms with van der Waals surface area (Å²) in [5.74, 6) is -0.107. The molecule has 1 fully saturated rings. The van der Waals surface area contributed by atoms with Gasteiger partial charge in [-0.15, -0.1) is 0 Å². The highest BCUT2D eigenvalue weighted by atomic mass is 35.5. The number of piperidine rings is 1. The maximum atomic E-state index is 12.4. The van der Waals surface area contributed by atoms with Crippen LogP contribution in [0.2, 0.25) is 5.02 Å². The highest BCUT2D eigenvalue weighted by Crippen LogP contribution is 2.23. The van der Waals surface area contributed by atoms with E-state index in [9.17, 15) is 4.79 Å². The fourth-order valence-electron chi connectivity index (χ4n) is 3.07. The Hall–Kier alpha value is -1.84. The second-order valence-corrected chi connectivity index (χ2v) is 6.81. The van der Waals surface area contributed by atoms with Crippen LogP contribution in [0.15, 0.2) is 42.5 Å². The number of hydrogen-bond donors (Lipinski definition) is 1. The number of benzene rings is 2. The van der Waals surface area contributed by atoms with Gasteiger partial charge in [-0.2, -0.15) is 0 Å². The topological polar surface area (TPSA) is 32.3 Å². The van der Waals surface area contributed by atoms with Gasteiger partial charge in [0.15, 0.2) is 0 Å². The number of nitrogens with one attached hydrogen (secondary N) is 1. The molecule has 0 radical (unpaired) electrons. The third-order valence-corrected chi connectivity index (χ3v) is 5.00. The number of amides is 1. The summed E-state index contributed by atoms with van der Waals surface area (Å²) >= 11 is 6.10. The second-order valence-electron chi connectivity index (χ2n) is 6.40. The van der Waals surface area contributed by atoms with Crippen LogP contribution in [0, 0.1) is 6.92 Å². The summed E-state index contributed by atoms with van der Waals surface area (Å²) in [4.78, 5) is 14.9. The SMILES string of the molecule is Cc1c(Cl)cccc1NC(=O)c1ccc(CN2CCCCC2)cc1. The fourth-order valence-corrected chi connectivity index (χ4v) is 3.25. The lowest BCUT2D eigenvalue weighted by atomic mass is 10.1. The Morgan fingerprint density at radius 3 is 2.50 bits per heavy atom. The molecule has 0 atom stereocenters. The average molecular weight is 343 g/mol. The highest BCUT2D eigenvalue weighted by Gasteiger charge is 2.12. The van der Waals surface area contributed by atoms with Crippen molar-refractivity contribution in [1.82, 2.24) is 4.90 Å². The van der Waals surface area contributed by atoms with E-state index in [-0.39, 0.29) is 5.91 Å². The van der Waals surface area contributed by atoms with Crippen LogP contribution in [0.3, 0.4) is 0 Å². The molecule has 3 rings (SSSR count). The molecule has 1 aliphatic heterocycles. The number of rotatable bonds is 4. The van der Waals surface area contributed by atoms with E-state index in [4.69, 9.17) is 11.6 Å². The molecule has 0 unspecified atom stereocenters. The Bertz CT molecular complexity index is 706. The van der Waals surface area contributed by atoms with E-state index in [0.717, 1.165) is 17.8 Å². The van der Waals surface area contributed by atoms with Crippen molar-refractivity contribution in [3.05, 3.63) is 64.2 Å². The van der Waals surface area contributed by atoms with Crippen molar-refractivity contribution in [3.63, 3.8) is 0 Å². The molecule has 1 N–H and O–H groups in total. The van der Waals surface area contributed by atoms with Crippen LogP contribution in [-0.4, -0.2) is 23.9 Å². The molecule has 1 heterocycles. The summed E-state index contributed by atoms with van der Waals surface area (Å²) < 4.78 is 0. The Morgan fingerprint density at radius 2 is 1.79 bits per heavy atom. The molecule has 0 aromatic heterocycles. The first-order valence-corrected chi connectivity index (χ1v) is 8.89. The van der Waals surface area contributed by atoms with Gasteiger partial charge in [0.25, 0.3) is 5.91 Å². The number of carbonyl (C=O) groups is 1. The van der Waals surface area contributed by atoms with Gasteiger partial charge in [-0.05, 0) is 68.2 Å². The van der Waals surface area contributed by atoms with Crippen molar-refractivity contribution in [2.24, 2.45) is 0 Å². The van der Waals surface area contributed by atoms with Gasteiger partial charge in [-0.3, -0.25) is 9.69 Å². The maximum Gasteiger partial charge on any atom is 0.255 e. The van der Waals surface area contributed by atoms with E-state index in [0.29, 0.717) is 10.6 Å². The first-order valence-electron chi connectivity index (χ1n) is 8.51. The predicted octanol–water partition coefficient (Wildman–Crippen LogP) is 4.89. The van der Waals surface area contributed by atoms with Crippen molar-refractivity contribution in [2.75, 3.05) is 18.4 Å². The molecule has 0 spiro atoms. The van der Waals surface area contributed by atoms with E-state index >= 15 is 0 Å². The second kappa shape index (κ2) is 7.82. The summed E-state index contributed by atoms with van der Waals surface area (Å²) in [6.45, 7) is 5.22. The fraction of sp³-hybridized carbons (Fsp3) is 0.350.